The second-order valence-corrected chi connectivity index (χ2v) is 5.72. The summed E-state index contributed by atoms with van der Waals surface area (Å²) in [6.07, 6.45) is 0. The zero-order valence-corrected chi connectivity index (χ0v) is 12.3. The summed E-state index contributed by atoms with van der Waals surface area (Å²) in [6.45, 7) is -0.156. The van der Waals surface area contributed by atoms with Crippen LogP contribution in [-0.4, -0.2) is 6.61 Å². The summed E-state index contributed by atoms with van der Waals surface area (Å²) in [6, 6.07) is 8.64. The smallest absolute Gasteiger partial charge is 0.387 e. The first-order chi connectivity index (χ1) is 9.54. The van der Waals surface area contributed by atoms with Gasteiger partial charge in [0.15, 0.2) is 0 Å². The lowest BCUT2D eigenvalue weighted by atomic mass is 10.1. The zero-order chi connectivity index (χ0) is 14.5. The van der Waals surface area contributed by atoms with Crippen molar-refractivity contribution in [2.45, 2.75) is 26.1 Å². The van der Waals surface area contributed by atoms with E-state index in [1.807, 2.05) is 24.4 Å². The van der Waals surface area contributed by atoms with E-state index in [9.17, 15) is 8.78 Å². The van der Waals surface area contributed by atoms with Gasteiger partial charge in [0.1, 0.15) is 5.75 Å². The van der Waals surface area contributed by atoms with Gasteiger partial charge in [-0.15, -0.1) is 11.3 Å². The molecule has 0 aliphatic rings. The molecule has 108 valence electrons. The van der Waals surface area contributed by atoms with Crippen molar-refractivity contribution in [3.63, 3.8) is 0 Å². The summed E-state index contributed by atoms with van der Waals surface area (Å²) in [7, 11) is 0. The molecule has 6 heteroatoms. The van der Waals surface area contributed by atoms with Crippen molar-refractivity contribution in [2.75, 3.05) is 0 Å². The van der Waals surface area contributed by atoms with Gasteiger partial charge in [0, 0.05) is 22.8 Å². The molecule has 0 saturated carbocycles. The Hall–Kier alpha value is -1.17. The van der Waals surface area contributed by atoms with Gasteiger partial charge >= 0.3 is 6.61 Å². The highest BCUT2D eigenvalue weighted by molar-refractivity contribution is 7.10. The van der Waals surface area contributed by atoms with E-state index in [4.69, 9.17) is 11.6 Å². The molecule has 20 heavy (non-hydrogen) atoms. The number of benzene rings is 1. The first kappa shape index (κ1) is 15.2. The third-order valence-electron chi connectivity index (χ3n) is 2.79. The number of hydrogen-bond acceptors (Lipinski definition) is 3. The number of hydrogen-bond donors (Lipinski definition) is 1. The number of nitrogens with one attached hydrogen (secondary N) is 1. The Balaban J connectivity index is 1.96. The van der Waals surface area contributed by atoms with E-state index in [-0.39, 0.29) is 11.8 Å². The molecule has 0 bridgehead atoms. The SMILES string of the molecule is CC(NCc1cc(Cl)cs1)c1cccc(OC(F)F)c1. The summed E-state index contributed by atoms with van der Waals surface area (Å²) in [4.78, 5) is 1.13. The molecule has 0 aliphatic carbocycles. The summed E-state index contributed by atoms with van der Waals surface area (Å²) in [5, 5.41) is 5.92. The van der Waals surface area contributed by atoms with Crippen molar-refractivity contribution in [3.05, 3.63) is 51.2 Å². The van der Waals surface area contributed by atoms with Gasteiger partial charge in [-0.2, -0.15) is 8.78 Å². The molecule has 0 saturated heterocycles. The van der Waals surface area contributed by atoms with Crippen molar-refractivity contribution >= 4 is 22.9 Å². The fourth-order valence-electron chi connectivity index (χ4n) is 1.78. The van der Waals surface area contributed by atoms with E-state index in [0.717, 1.165) is 15.5 Å². The molecule has 1 atom stereocenters. The van der Waals surface area contributed by atoms with Crippen molar-refractivity contribution < 1.29 is 13.5 Å². The predicted octanol–water partition coefficient (Wildman–Crippen LogP) is 4.85. The van der Waals surface area contributed by atoms with Crippen LogP contribution in [0.2, 0.25) is 5.02 Å². The Kier molecular flexibility index (Phi) is 5.34. The van der Waals surface area contributed by atoms with Crippen molar-refractivity contribution in [1.29, 1.82) is 0 Å². The van der Waals surface area contributed by atoms with Crippen LogP contribution in [0.4, 0.5) is 8.78 Å². The van der Waals surface area contributed by atoms with Crippen LogP contribution in [0.15, 0.2) is 35.7 Å². The molecule has 0 fully saturated rings. The van der Waals surface area contributed by atoms with E-state index in [0.29, 0.717) is 6.54 Å². The van der Waals surface area contributed by atoms with Gasteiger partial charge in [-0.3, -0.25) is 0 Å². The van der Waals surface area contributed by atoms with Crippen LogP contribution in [0.3, 0.4) is 0 Å². The molecule has 0 aliphatic heterocycles. The lowest BCUT2D eigenvalue weighted by Gasteiger charge is -2.15. The minimum Gasteiger partial charge on any atom is -0.435 e. The van der Waals surface area contributed by atoms with Gasteiger partial charge < -0.3 is 10.1 Å². The molecule has 1 N–H and O–H groups in total. The zero-order valence-electron chi connectivity index (χ0n) is 10.8. The predicted molar refractivity (Wildman–Crippen MR) is 77.7 cm³/mol. The number of halogens is 3. The Morgan fingerprint density at radius 1 is 1.35 bits per heavy atom. The van der Waals surface area contributed by atoms with Gasteiger partial charge in [-0.25, -0.2) is 0 Å². The summed E-state index contributed by atoms with van der Waals surface area (Å²) < 4.78 is 28.7. The molecule has 2 aromatic rings. The number of thiophene rings is 1. The van der Waals surface area contributed by atoms with E-state index < -0.39 is 6.61 Å². The minimum absolute atomic E-state index is 0.0251. The van der Waals surface area contributed by atoms with Crippen molar-refractivity contribution in [1.82, 2.24) is 5.32 Å². The Morgan fingerprint density at radius 2 is 2.15 bits per heavy atom. The second-order valence-electron chi connectivity index (χ2n) is 4.28. The van der Waals surface area contributed by atoms with Crippen LogP contribution in [0.5, 0.6) is 5.75 Å². The number of alkyl halides is 2. The third-order valence-corrected chi connectivity index (χ3v) is 4.07. The van der Waals surface area contributed by atoms with Crippen LogP contribution in [0.1, 0.15) is 23.4 Å². The molecule has 1 heterocycles. The Labute approximate surface area is 125 Å². The average Bonchev–Trinajstić information content (AvgIpc) is 2.81. The van der Waals surface area contributed by atoms with Gasteiger partial charge in [-0.05, 0) is 30.7 Å². The molecule has 1 aromatic heterocycles. The lowest BCUT2D eigenvalue weighted by molar-refractivity contribution is -0.0499. The molecule has 1 unspecified atom stereocenters. The molecule has 2 rings (SSSR count). The van der Waals surface area contributed by atoms with Gasteiger partial charge in [0.05, 0.1) is 5.02 Å². The van der Waals surface area contributed by atoms with Gasteiger partial charge in [0.25, 0.3) is 0 Å². The van der Waals surface area contributed by atoms with Crippen LogP contribution in [0, 0.1) is 0 Å². The topological polar surface area (TPSA) is 21.3 Å². The van der Waals surface area contributed by atoms with Gasteiger partial charge in [0.2, 0.25) is 0 Å². The quantitative estimate of drug-likeness (QED) is 0.822. The van der Waals surface area contributed by atoms with Crippen LogP contribution in [-0.2, 0) is 6.54 Å². The Morgan fingerprint density at radius 3 is 2.80 bits per heavy atom. The van der Waals surface area contributed by atoms with Crippen molar-refractivity contribution in [2.24, 2.45) is 0 Å². The highest BCUT2D eigenvalue weighted by atomic mass is 35.5. The Bertz CT molecular complexity index is 562. The van der Waals surface area contributed by atoms with E-state index in [1.165, 1.54) is 6.07 Å². The second kappa shape index (κ2) is 7.02. The van der Waals surface area contributed by atoms with Crippen LogP contribution in [0.25, 0.3) is 0 Å². The maximum absolute atomic E-state index is 12.2. The average molecular weight is 318 g/mol. The minimum atomic E-state index is -2.80. The first-order valence-electron chi connectivity index (χ1n) is 6.05. The molecule has 0 amide bonds. The number of ether oxygens (including phenoxy) is 1. The summed E-state index contributed by atoms with van der Waals surface area (Å²) in [5.74, 6) is 0.172. The normalized spacial score (nSPS) is 12.7. The number of rotatable bonds is 6. The van der Waals surface area contributed by atoms with Gasteiger partial charge in [-0.1, -0.05) is 23.7 Å². The summed E-state index contributed by atoms with van der Waals surface area (Å²) >= 11 is 7.44. The lowest BCUT2D eigenvalue weighted by Crippen LogP contribution is -2.17. The van der Waals surface area contributed by atoms with E-state index >= 15 is 0 Å². The third kappa shape index (κ3) is 4.44. The molecule has 0 radical (unpaired) electrons. The maximum atomic E-state index is 12.2. The van der Waals surface area contributed by atoms with E-state index in [1.54, 1.807) is 23.5 Å². The monoisotopic (exact) mass is 317 g/mol. The molecule has 0 spiro atoms. The van der Waals surface area contributed by atoms with Crippen LogP contribution < -0.4 is 10.1 Å². The first-order valence-corrected chi connectivity index (χ1v) is 7.31. The largest absolute Gasteiger partial charge is 0.435 e. The molecular formula is C14H14ClF2NOS. The highest BCUT2D eigenvalue weighted by Crippen LogP contribution is 2.23. The maximum Gasteiger partial charge on any atom is 0.387 e. The standard InChI is InChI=1S/C14H14ClF2NOS/c1-9(18-7-13-6-11(15)8-20-13)10-3-2-4-12(5-10)19-14(16)17/h2-6,8-9,14,18H,7H2,1H3. The highest BCUT2D eigenvalue weighted by Gasteiger charge is 2.09. The van der Waals surface area contributed by atoms with E-state index in [2.05, 4.69) is 10.1 Å². The fourth-order valence-corrected chi connectivity index (χ4v) is 2.80. The van der Waals surface area contributed by atoms with Crippen LogP contribution >= 0.6 is 22.9 Å². The fraction of sp³-hybridized carbons (Fsp3) is 0.286. The summed E-state index contributed by atoms with van der Waals surface area (Å²) in [5.41, 5.74) is 0.894. The molecule has 2 nitrogen and oxygen atoms in total. The van der Waals surface area contributed by atoms with Crippen molar-refractivity contribution in [3.8, 4) is 5.75 Å². The molecular weight excluding hydrogens is 304 g/mol. The molecule has 1 aromatic carbocycles.